The number of hydrogen-bond acceptors (Lipinski definition) is 5. The first kappa shape index (κ1) is 23.7. The van der Waals surface area contributed by atoms with E-state index in [1.54, 1.807) is 16.3 Å². The maximum atomic E-state index is 13.7. The van der Waals surface area contributed by atoms with Gasteiger partial charge in [0.2, 0.25) is 0 Å². The predicted octanol–water partition coefficient (Wildman–Crippen LogP) is 6.75. The van der Waals surface area contributed by atoms with Gasteiger partial charge in [0.05, 0.1) is 22.3 Å². The molecule has 0 N–H and O–H groups in total. The van der Waals surface area contributed by atoms with Crippen LogP contribution in [0, 0.1) is 6.92 Å². The normalized spacial score (nSPS) is 14.3. The monoisotopic (exact) mass is 507 g/mol. The molecule has 0 radical (unpaired) electrons. The van der Waals surface area contributed by atoms with Crippen molar-refractivity contribution in [1.29, 1.82) is 0 Å². The first-order chi connectivity index (χ1) is 18.2. The summed E-state index contributed by atoms with van der Waals surface area (Å²) in [6.07, 6.45) is 5.99. The second-order valence-corrected chi connectivity index (χ2v) is 10.5. The van der Waals surface area contributed by atoms with Crippen LogP contribution < -0.4 is 5.56 Å². The lowest BCUT2D eigenvalue weighted by Crippen LogP contribution is -2.24. The minimum absolute atomic E-state index is 0.0470. The molecule has 0 bridgehead atoms. The number of benzene rings is 3. The van der Waals surface area contributed by atoms with E-state index >= 15 is 0 Å². The molecule has 6 rings (SSSR count). The fraction of sp³-hybridized carbons (Fsp3) is 0.267. The Bertz CT molecular complexity index is 1600. The van der Waals surface area contributed by atoms with Crippen molar-refractivity contribution in [3.05, 3.63) is 101 Å². The smallest absolute Gasteiger partial charge is 0.265 e. The lowest BCUT2D eigenvalue weighted by atomic mass is 9.95. The molecule has 0 spiro atoms. The molecular weight excluding hydrogens is 478 g/mol. The van der Waals surface area contributed by atoms with Crippen LogP contribution in [0.2, 0.25) is 0 Å². The fourth-order valence-corrected chi connectivity index (χ4v) is 6.22. The fourth-order valence-electron chi connectivity index (χ4n) is 5.30. The second kappa shape index (κ2) is 10.3. The van der Waals surface area contributed by atoms with Crippen LogP contribution in [0.1, 0.15) is 49.5 Å². The van der Waals surface area contributed by atoms with E-state index in [4.69, 9.17) is 4.98 Å². The van der Waals surface area contributed by atoms with Crippen LogP contribution in [0.5, 0.6) is 0 Å². The molecule has 7 heteroatoms. The van der Waals surface area contributed by atoms with Crippen LogP contribution in [0.15, 0.2) is 88.8 Å². The van der Waals surface area contributed by atoms with Gasteiger partial charge in [-0.1, -0.05) is 91.7 Å². The third kappa shape index (κ3) is 4.60. The Morgan fingerprint density at radius 3 is 2.41 bits per heavy atom. The maximum Gasteiger partial charge on any atom is 0.265 e. The molecule has 1 aliphatic carbocycles. The van der Waals surface area contributed by atoms with Crippen molar-refractivity contribution in [2.45, 2.75) is 56.0 Å². The van der Waals surface area contributed by atoms with Gasteiger partial charge in [-0.15, -0.1) is 10.2 Å². The predicted molar refractivity (Wildman–Crippen MR) is 149 cm³/mol. The summed E-state index contributed by atoms with van der Waals surface area (Å²) in [5, 5.41) is 10.8. The van der Waals surface area contributed by atoms with Gasteiger partial charge < -0.3 is 0 Å². The van der Waals surface area contributed by atoms with Gasteiger partial charge in [-0.3, -0.25) is 13.9 Å². The zero-order chi connectivity index (χ0) is 25.2. The third-order valence-electron chi connectivity index (χ3n) is 7.17. The molecular formula is C30H29N5OS. The van der Waals surface area contributed by atoms with E-state index < -0.39 is 0 Å². The molecule has 3 aromatic carbocycles. The van der Waals surface area contributed by atoms with Crippen molar-refractivity contribution in [2.75, 3.05) is 0 Å². The number of rotatable bonds is 6. The van der Waals surface area contributed by atoms with Crippen molar-refractivity contribution in [2.24, 2.45) is 0 Å². The van der Waals surface area contributed by atoms with Crippen LogP contribution in [-0.4, -0.2) is 24.3 Å². The molecule has 1 fully saturated rings. The van der Waals surface area contributed by atoms with Crippen LogP contribution >= 0.6 is 11.8 Å². The molecule has 0 saturated heterocycles. The van der Waals surface area contributed by atoms with Crippen LogP contribution in [0.25, 0.3) is 28.0 Å². The van der Waals surface area contributed by atoms with Crippen molar-refractivity contribution >= 4 is 22.7 Å². The number of fused-ring (bicyclic) bond motifs is 1. The number of thioether (sulfide) groups is 1. The summed E-state index contributed by atoms with van der Waals surface area (Å²) in [5.74, 6) is 2.13. The summed E-state index contributed by atoms with van der Waals surface area (Å²) in [6.45, 7) is 2.03. The van der Waals surface area contributed by atoms with E-state index in [0.29, 0.717) is 28.5 Å². The molecule has 1 aliphatic rings. The summed E-state index contributed by atoms with van der Waals surface area (Å²) in [6, 6.07) is 26.2. The maximum absolute atomic E-state index is 13.7. The van der Waals surface area contributed by atoms with Gasteiger partial charge in [-0.25, -0.2) is 4.98 Å². The zero-order valence-corrected chi connectivity index (χ0v) is 21.7. The third-order valence-corrected chi connectivity index (χ3v) is 8.11. The molecule has 6 nitrogen and oxygen atoms in total. The largest absolute Gasteiger partial charge is 0.299 e. The highest BCUT2D eigenvalue weighted by atomic mass is 32.2. The summed E-state index contributed by atoms with van der Waals surface area (Å²) in [5.41, 5.74) is 3.64. The van der Waals surface area contributed by atoms with E-state index in [0.717, 1.165) is 40.6 Å². The quantitative estimate of drug-likeness (QED) is 0.238. The molecule has 186 valence electrons. The Hall–Kier alpha value is -3.71. The number of nitrogens with zero attached hydrogens (tertiary/aromatic N) is 5. The van der Waals surface area contributed by atoms with E-state index in [1.165, 1.54) is 19.3 Å². The second-order valence-electron chi connectivity index (χ2n) is 9.59. The lowest BCUT2D eigenvalue weighted by Gasteiger charge is -2.25. The minimum Gasteiger partial charge on any atom is -0.299 e. The molecule has 37 heavy (non-hydrogen) atoms. The molecule has 1 saturated carbocycles. The van der Waals surface area contributed by atoms with E-state index in [-0.39, 0.29) is 5.56 Å². The highest BCUT2D eigenvalue weighted by Crippen LogP contribution is 2.36. The van der Waals surface area contributed by atoms with Crippen LogP contribution in [-0.2, 0) is 5.75 Å². The Morgan fingerprint density at radius 2 is 1.59 bits per heavy atom. The van der Waals surface area contributed by atoms with Gasteiger partial charge in [-0.2, -0.15) is 0 Å². The first-order valence-corrected chi connectivity index (χ1v) is 13.9. The molecule has 2 heterocycles. The Balaban J connectivity index is 1.43. The standard InChI is InChI=1S/C30H29N5OS/c1-21-12-8-11-19-26(21)35-27(31-25-18-10-9-17-24(25)29(35)36)20-37-30-33-32-28(22-13-4-2-5-14-22)34(30)23-15-6-3-7-16-23/h2,4-5,8-14,17-19,23H,3,6-7,15-16,20H2,1H3. The number of hydrogen-bond donors (Lipinski definition) is 0. The number of para-hydroxylation sites is 2. The van der Waals surface area contributed by atoms with E-state index in [9.17, 15) is 4.79 Å². The molecule has 0 aliphatic heterocycles. The molecule has 0 atom stereocenters. The summed E-state index contributed by atoms with van der Waals surface area (Å²) in [4.78, 5) is 18.7. The minimum atomic E-state index is -0.0470. The summed E-state index contributed by atoms with van der Waals surface area (Å²) < 4.78 is 4.10. The number of aryl methyl sites for hydroxylation is 1. The van der Waals surface area contributed by atoms with Gasteiger partial charge in [-0.05, 0) is 43.5 Å². The number of aromatic nitrogens is 5. The van der Waals surface area contributed by atoms with Crippen LogP contribution in [0.3, 0.4) is 0 Å². The van der Waals surface area contributed by atoms with Crippen LogP contribution in [0.4, 0.5) is 0 Å². The molecule has 0 unspecified atom stereocenters. The summed E-state index contributed by atoms with van der Waals surface area (Å²) in [7, 11) is 0. The van der Waals surface area contributed by atoms with Gasteiger partial charge in [0, 0.05) is 11.6 Å². The van der Waals surface area contributed by atoms with Crippen molar-refractivity contribution in [3.63, 3.8) is 0 Å². The average molecular weight is 508 g/mol. The van der Waals surface area contributed by atoms with Gasteiger partial charge >= 0.3 is 0 Å². The van der Waals surface area contributed by atoms with Gasteiger partial charge in [0.15, 0.2) is 11.0 Å². The zero-order valence-electron chi connectivity index (χ0n) is 20.9. The van der Waals surface area contributed by atoms with Crippen molar-refractivity contribution in [3.8, 4) is 17.1 Å². The van der Waals surface area contributed by atoms with E-state index in [1.807, 2.05) is 73.7 Å². The molecule has 0 amide bonds. The average Bonchev–Trinajstić information content (AvgIpc) is 3.38. The Kier molecular flexibility index (Phi) is 6.62. The highest BCUT2D eigenvalue weighted by Gasteiger charge is 2.24. The molecule has 5 aromatic rings. The SMILES string of the molecule is Cc1ccccc1-n1c(CSc2nnc(-c3ccccc3)n2C2CCCCC2)nc2ccccc2c1=O. The van der Waals surface area contributed by atoms with Gasteiger partial charge in [0.25, 0.3) is 5.56 Å². The van der Waals surface area contributed by atoms with Gasteiger partial charge in [0.1, 0.15) is 5.82 Å². The topological polar surface area (TPSA) is 65.6 Å². The Morgan fingerprint density at radius 1 is 0.865 bits per heavy atom. The first-order valence-electron chi connectivity index (χ1n) is 12.9. The summed E-state index contributed by atoms with van der Waals surface area (Å²) >= 11 is 1.61. The van der Waals surface area contributed by atoms with E-state index in [2.05, 4.69) is 26.9 Å². The van der Waals surface area contributed by atoms with Crippen molar-refractivity contribution < 1.29 is 0 Å². The Labute approximate surface area is 220 Å². The lowest BCUT2D eigenvalue weighted by molar-refractivity contribution is 0.339. The molecule has 2 aromatic heterocycles. The highest BCUT2D eigenvalue weighted by molar-refractivity contribution is 7.98. The van der Waals surface area contributed by atoms with Crippen molar-refractivity contribution in [1.82, 2.24) is 24.3 Å².